The van der Waals surface area contributed by atoms with Crippen LogP contribution in [0.1, 0.15) is 0 Å². The minimum absolute atomic E-state index is 0. The van der Waals surface area contributed by atoms with Gasteiger partial charge in [-0.1, -0.05) is 0 Å². The fourth-order valence-electron chi connectivity index (χ4n) is 0. The van der Waals surface area contributed by atoms with Gasteiger partial charge in [-0.25, -0.2) is 0 Å². The first-order valence-electron chi connectivity index (χ1n) is 0.612. The molecule has 0 amide bonds. The van der Waals surface area contributed by atoms with Crippen LogP contribution in [0.2, 0.25) is 0 Å². The van der Waals surface area contributed by atoms with E-state index in [9.17, 15) is 0 Å². The Hall–Kier alpha value is 2.32. The minimum atomic E-state index is -2.33. The molecule has 0 saturated carbocycles. The van der Waals surface area contributed by atoms with Gasteiger partial charge in [-0.2, -0.15) is 0 Å². The van der Waals surface area contributed by atoms with Gasteiger partial charge >= 0.3 is 94.4 Å². The summed E-state index contributed by atoms with van der Waals surface area (Å²) in [6.45, 7) is 0. The number of carboxylic acid groups (broad SMARTS) is 2. The molecule has 0 radical (unpaired) electrons. The van der Waals surface area contributed by atoms with Gasteiger partial charge in [-0.05, 0) is 6.16 Å². The van der Waals surface area contributed by atoms with Gasteiger partial charge in [0.2, 0.25) is 0 Å². The van der Waals surface area contributed by atoms with E-state index in [4.69, 9.17) is 15.0 Å². The zero-order valence-electron chi connectivity index (χ0n) is 3.14. The molecule has 0 aliphatic rings. The Morgan fingerprint density at radius 1 is 1.33 bits per heavy atom. The first-order chi connectivity index (χ1) is 1.73. The molecule has 0 fully saturated rings. The molecule has 0 N–H and O–H groups in total. The van der Waals surface area contributed by atoms with Crippen molar-refractivity contribution >= 4 is 101 Å². The van der Waals surface area contributed by atoms with Crippen molar-refractivity contribution < 1.29 is 15.0 Å². The SMILES string of the molecule is O=C([O-])[O-].[Ba+2].[Sr+2]. The molecule has 5 heteroatoms. The Morgan fingerprint density at radius 2 is 1.33 bits per heavy atom. The van der Waals surface area contributed by atoms with Crippen molar-refractivity contribution in [1.82, 2.24) is 0 Å². The van der Waals surface area contributed by atoms with Crippen LogP contribution in [-0.4, -0.2) is 101 Å². The normalized spacial score (nSPS) is 4.00. The van der Waals surface area contributed by atoms with Gasteiger partial charge in [0, 0.05) is 0 Å². The summed E-state index contributed by atoms with van der Waals surface area (Å²) < 4.78 is 0. The molecule has 3 nitrogen and oxygen atoms in total. The molecule has 0 atom stereocenters. The first kappa shape index (κ1) is 15.8. The minimum Gasteiger partial charge on any atom is -0.652 e. The summed E-state index contributed by atoms with van der Waals surface area (Å²) in [6.07, 6.45) is -2.33. The van der Waals surface area contributed by atoms with Crippen LogP contribution in [0.25, 0.3) is 0 Å². The molecule has 0 aromatic rings. The second-order valence-electron chi connectivity index (χ2n) is 0.250. The van der Waals surface area contributed by atoms with E-state index in [1.165, 1.54) is 0 Å². The van der Waals surface area contributed by atoms with Crippen LogP contribution >= 0.6 is 0 Å². The second kappa shape index (κ2) is 10.3. The standard InChI is InChI=1S/CH2O3.Ba.Sr/c2-1(3)4;;/h(H2,2,3,4);;/q;2*+2/p-2. The molecule has 0 saturated heterocycles. The maximum Gasteiger partial charge on any atom is 2.00 e. The number of rotatable bonds is 0. The van der Waals surface area contributed by atoms with Crippen molar-refractivity contribution in [2.75, 3.05) is 0 Å². The van der Waals surface area contributed by atoms with Crippen molar-refractivity contribution in [1.29, 1.82) is 0 Å². The van der Waals surface area contributed by atoms with Crippen LogP contribution in [0.3, 0.4) is 0 Å². The molecule has 6 heavy (non-hydrogen) atoms. The summed E-state index contributed by atoms with van der Waals surface area (Å²) in [4.78, 5) is 8.33. The van der Waals surface area contributed by atoms with Gasteiger partial charge in [0.05, 0.1) is 0 Å². The van der Waals surface area contributed by atoms with Gasteiger partial charge in [0.15, 0.2) is 0 Å². The van der Waals surface area contributed by atoms with Crippen LogP contribution in [0.4, 0.5) is 4.79 Å². The van der Waals surface area contributed by atoms with Crippen LogP contribution in [-0.2, 0) is 0 Å². The fourth-order valence-corrected chi connectivity index (χ4v) is 0. The predicted molar refractivity (Wildman–Crippen MR) is 16.9 cm³/mol. The monoisotopic (exact) mass is 286 g/mol. The van der Waals surface area contributed by atoms with Crippen molar-refractivity contribution in [3.05, 3.63) is 0 Å². The molecular formula is CBaO3Sr+2. The van der Waals surface area contributed by atoms with Crippen LogP contribution in [0.5, 0.6) is 0 Å². The Bertz CT molecular complexity index is 33.8. The van der Waals surface area contributed by atoms with E-state index in [2.05, 4.69) is 0 Å². The fraction of sp³-hybridized carbons (Fsp3) is 0. The van der Waals surface area contributed by atoms with E-state index in [1.54, 1.807) is 0 Å². The number of hydrogen-bond acceptors (Lipinski definition) is 3. The molecule has 0 aliphatic heterocycles. The number of hydrogen-bond donors (Lipinski definition) is 0. The topological polar surface area (TPSA) is 63.2 Å². The van der Waals surface area contributed by atoms with Crippen LogP contribution in [0, 0.1) is 0 Å². The quantitative estimate of drug-likeness (QED) is 0.440. The third-order valence-corrected chi connectivity index (χ3v) is 0. The second-order valence-corrected chi connectivity index (χ2v) is 0.250. The first-order valence-corrected chi connectivity index (χ1v) is 0.612. The maximum atomic E-state index is 8.33. The van der Waals surface area contributed by atoms with Gasteiger partial charge in [0.25, 0.3) is 0 Å². The molecule has 0 aliphatic carbocycles. The van der Waals surface area contributed by atoms with Crippen molar-refractivity contribution in [3.8, 4) is 0 Å². The molecule has 0 heterocycles. The Morgan fingerprint density at radius 3 is 1.33 bits per heavy atom. The molecule has 0 aromatic carbocycles. The third-order valence-electron chi connectivity index (χ3n) is 0. The molecule has 0 unspecified atom stereocenters. The molecule has 24 valence electrons. The van der Waals surface area contributed by atoms with Gasteiger partial charge in [0.1, 0.15) is 0 Å². The van der Waals surface area contributed by atoms with E-state index < -0.39 is 6.16 Å². The average molecular weight is 285 g/mol. The molecule has 0 bridgehead atoms. The Balaban J connectivity index is -0.0000000450. The van der Waals surface area contributed by atoms with Crippen molar-refractivity contribution in [2.24, 2.45) is 0 Å². The summed E-state index contributed by atoms with van der Waals surface area (Å²) in [5.41, 5.74) is 0. The summed E-state index contributed by atoms with van der Waals surface area (Å²) in [7, 11) is 0. The van der Waals surface area contributed by atoms with Gasteiger partial charge in [-0.3, -0.25) is 0 Å². The Kier molecular flexibility index (Phi) is 27.1. The number of carbonyl (C=O) groups excluding carboxylic acids is 1. The summed E-state index contributed by atoms with van der Waals surface area (Å²) >= 11 is 0. The smallest absolute Gasteiger partial charge is 0.652 e. The van der Waals surface area contributed by atoms with Crippen LogP contribution in [0.15, 0.2) is 0 Å². The maximum absolute atomic E-state index is 8.33. The number of carbonyl (C=O) groups is 1. The summed E-state index contributed by atoms with van der Waals surface area (Å²) in [5, 5.41) is 16.7. The van der Waals surface area contributed by atoms with E-state index >= 15 is 0 Å². The molecule has 0 rings (SSSR count). The molecule has 0 spiro atoms. The van der Waals surface area contributed by atoms with E-state index in [0.29, 0.717) is 0 Å². The Labute approximate surface area is 112 Å². The predicted octanol–water partition coefficient (Wildman–Crippen LogP) is -3.21. The third kappa shape index (κ3) is 33.2. The van der Waals surface area contributed by atoms with Crippen molar-refractivity contribution in [3.63, 3.8) is 0 Å². The average Bonchev–Trinajstić information content (AvgIpc) is 0.811. The van der Waals surface area contributed by atoms with Gasteiger partial charge in [-0.15, -0.1) is 0 Å². The van der Waals surface area contributed by atoms with Crippen LogP contribution < -0.4 is 10.2 Å². The molecule has 0 aromatic heterocycles. The van der Waals surface area contributed by atoms with E-state index in [0.717, 1.165) is 0 Å². The van der Waals surface area contributed by atoms with E-state index in [-0.39, 0.29) is 94.4 Å². The summed E-state index contributed by atoms with van der Waals surface area (Å²) in [5.74, 6) is 0. The summed E-state index contributed by atoms with van der Waals surface area (Å²) in [6, 6.07) is 0. The zero-order chi connectivity index (χ0) is 3.58. The van der Waals surface area contributed by atoms with Gasteiger partial charge < -0.3 is 15.0 Å². The molecular weight excluding hydrogens is 285 g/mol. The largest absolute Gasteiger partial charge is 2.00 e. The van der Waals surface area contributed by atoms with Crippen molar-refractivity contribution in [2.45, 2.75) is 0 Å². The van der Waals surface area contributed by atoms with E-state index in [1.807, 2.05) is 0 Å². The zero-order valence-corrected chi connectivity index (χ0v) is 11.1.